The van der Waals surface area contributed by atoms with E-state index < -0.39 is 0 Å². The van der Waals surface area contributed by atoms with Gasteiger partial charge in [0.2, 0.25) is 0 Å². The summed E-state index contributed by atoms with van der Waals surface area (Å²) < 4.78 is 0. The Balaban J connectivity index is 2.45. The average Bonchev–Trinajstić information content (AvgIpc) is 2.36. The quantitative estimate of drug-likeness (QED) is 0.736. The van der Waals surface area contributed by atoms with Crippen molar-refractivity contribution in [2.75, 3.05) is 6.54 Å². The third kappa shape index (κ3) is 5.77. The molecule has 0 fully saturated rings. The second-order valence-electron chi connectivity index (χ2n) is 5.85. The van der Waals surface area contributed by atoms with E-state index in [0.29, 0.717) is 12.1 Å². The number of unbranched alkanes of at least 4 members (excludes halogenated alkanes) is 2. The second-order valence-corrected chi connectivity index (χ2v) is 5.85. The molecule has 0 aliphatic rings. The van der Waals surface area contributed by atoms with Crippen molar-refractivity contribution in [3.8, 4) is 5.75 Å². The summed E-state index contributed by atoms with van der Waals surface area (Å²) in [6, 6.07) is 6.43. The number of amides is 1. The molecule has 0 aliphatic heterocycles. The van der Waals surface area contributed by atoms with Crippen LogP contribution in [0.1, 0.15) is 56.8 Å². The number of rotatable bonds is 7. The number of phenolic OH excluding ortho intramolecular Hbond substituents is 1. The Labute approximate surface area is 116 Å². The normalized spacial score (nSPS) is 11.3. The van der Waals surface area contributed by atoms with Gasteiger partial charge in [-0.2, -0.15) is 0 Å². The molecule has 0 saturated carbocycles. The van der Waals surface area contributed by atoms with Gasteiger partial charge in [-0.3, -0.25) is 4.79 Å². The Morgan fingerprint density at radius 2 is 2.05 bits per heavy atom. The maximum absolute atomic E-state index is 12.0. The largest absolute Gasteiger partial charge is 0.508 e. The first-order valence-corrected chi connectivity index (χ1v) is 7.02. The third-order valence-corrected chi connectivity index (χ3v) is 3.29. The molecular weight excluding hydrogens is 238 g/mol. The zero-order valence-corrected chi connectivity index (χ0v) is 12.2. The van der Waals surface area contributed by atoms with Crippen LogP contribution in [-0.4, -0.2) is 17.6 Å². The fourth-order valence-corrected chi connectivity index (χ4v) is 2.01. The lowest BCUT2D eigenvalue weighted by molar-refractivity contribution is 0.0933. The standard InChI is InChI=1S/C16H25NO2/c1-4-5-6-10-16(2,3)12-17-15(19)13-8-7-9-14(18)11-13/h7-9,11,18H,4-6,10,12H2,1-3H3,(H,17,19). The Bertz CT molecular complexity index is 413. The van der Waals surface area contributed by atoms with Crippen LogP contribution in [-0.2, 0) is 0 Å². The highest BCUT2D eigenvalue weighted by molar-refractivity contribution is 5.94. The summed E-state index contributed by atoms with van der Waals surface area (Å²) in [5.41, 5.74) is 0.617. The molecule has 3 heteroatoms. The minimum Gasteiger partial charge on any atom is -0.508 e. The Morgan fingerprint density at radius 1 is 1.32 bits per heavy atom. The number of benzene rings is 1. The van der Waals surface area contributed by atoms with Crippen molar-refractivity contribution in [1.82, 2.24) is 5.32 Å². The zero-order chi connectivity index (χ0) is 14.3. The van der Waals surface area contributed by atoms with E-state index in [1.807, 2.05) is 0 Å². The summed E-state index contributed by atoms with van der Waals surface area (Å²) in [7, 11) is 0. The molecular formula is C16H25NO2. The van der Waals surface area contributed by atoms with Gasteiger partial charge in [-0.15, -0.1) is 0 Å². The van der Waals surface area contributed by atoms with Crippen molar-refractivity contribution in [3.63, 3.8) is 0 Å². The molecule has 1 aromatic carbocycles. The highest BCUT2D eigenvalue weighted by atomic mass is 16.3. The monoisotopic (exact) mass is 263 g/mol. The van der Waals surface area contributed by atoms with Gasteiger partial charge < -0.3 is 10.4 Å². The van der Waals surface area contributed by atoms with E-state index in [0.717, 1.165) is 6.42 Å². The first-order chi connectivity index (χ1) is 8.94. The van der Waals surface area contributed by atoms with Crippen molar-refractivity contribution >= 4 is 5.91 Å². The predicted molar refractivity (Wildman–Crippen MR) is 78.4 cm³/mol. The number of phenols is 1. The molecule has 0 bridgehead atoms. The van der Waals surface area contributed by atoms with Crippen molar-refractivity contribution in [2.45, 2.75) is 46.5 Å². The highest BCUT2D eigenvalue weighted by Crippen LogP contribution is 2.22. The van der Waals surface area contributed by atoms with Gasteiger partial charge in [0.15, 0.2) is 0 Å². The fraction of sp³-hybridized carbons (Fsp3) is 0.562. The van der Waals surface area contributed by atoms with Crippen LogP contribution in [0.2, 0.25) is 0 Å². The minimum absolute atomic E-state index is 0.113. The molecule has 3 nitrogen and oxygen atoms in total. The number of hydrogen-bond acceptors (Lipinski definition) is 2. The molecule has 0 radical (unpaired) electrons. The van der Waals surface area contributed by atoms with Gasteiger partial charge >= 0.3 is 0 Å². The van der Waals surface area contributed by atoms with Crippen LogP contribution in [0.25, 0.3) is 0 Å². The molecule has 106 valence electrons. The lowest BCUT2D eigenvalue weighted by Gasteiger charge is -2.25. The topological polar surface area (TPSA) is 49.3 Å². The van der Waals surface area contributed by atoms with E-state index in [9.17, 15) is 9.90 Å². The maximum Gasteiger partial charge on any atom is 0.251 e. The molecule has 0 atom stereocenters. The van der Waals surface area contributed by atoms with Crippen LogP contribution >= 0.6 is 0 Å². The number of hydrogen-bond donors (Lipinski definition) is 2. The van der Waals surface area contributed by atoms with Gasteiger partial charge in [0.05, 0.1) is 0 Å². The minimum atomic E-state index is -0.125. The summed E-state index contributed by atoms with van der Waals surface area (Å²) in [5, 5.41) is 12.3. The van der Waals surface area contributed by atoms with Gasteiger partial charge in [-0.25, -0.2) is 0 Å². The van der Waals surface area contributed by atoms with E-state index in [4.69, 9.17) is 0 Å². The van der Waals surface area contributed by atoms with Gasteiger partial charge in [0, 0.05) is 12.1 Å². The number of nitrogens with one attached hydrogen (secondary N) is 1. The highest BCUT2D eigenvalue weighted by Gasteiger charge is 2.18. The first-order valence-electron chi connectivity index (χ1n) is 7.02. The predicted octanol–water partition coefficient (Wildman–Crippen LogP) is 3.73. The summed E-state index contributed by atoms with van der Waals surface area (Å²) in [6.07, 6.45) is 4.77. The molecule has 0 unspecified atom stereocenters. The van der Waals surface area contributed by atoms with Gasteiger partial charge in [-0.1, -0.05) is 46.1 Å². The van der Waals surface area contributed by atoms with E-state index in [1.54, 1.807) is 18.2 Å². The third-order valence-electron chi connectivity index (χ3n) is 3.29. The van der Waals surface area contributed by atoms with Crippen molar-refractivity contribution in [2.24, 2.45) is 5.41 Å². The van der Waals surface area contributed by atoms with Crippen LogP contribution < -0.4 is 5.32 Å². The van der Waals surface area contributed by atoms with Crippen LogP contribution in [0.5, 0.6) is 5.75 Å². The van der Waals surface area contributed by atoms with Gasteiger partial charge in [0.25, 0.3) is 5.91 Å². The lowest BCUT2D eigenvalue weighted by Crippen LogP contribution is -2.34. The molecule has 0 saturated heterocycles. The van der Waals surface area contributed by atoms with E-state index >= 15 is 0 Å². The molecule has 1 aromatic rings. The Morgan fingerprint density at radius 3 is 2.68 bits per heavy atom. The fourth-order valence-electron chi connectivity index (χ4n) is 2.01. The van der Waals surface area contributed by atoms with E-state index in [-0.39, 0.29) is 17.1 Å². The van der Waals surface area contributed by atoms with Crippen molar-refractivity contribution in [3.05, 3.63) is 29.8 Å². The van der Waals surface area contributed by atoms with Crippen molar-refractivity contribution < 1.29 is 9.90 Å². The zero-order valence-electron chi connectivity index (χ0n) is 12.2. The smallest absolute Gasteiger partial charge is 0.251 e. The molecule has 19 heavy (non-hydrogen) atoms. The average molecular weight is 263 g/mol. The van der Waals surface area contributed by atoms with Crippen LogP contribution in [0.3, 0.4) is 0 Å². The molecule has 0 aromatic heterocycles. The molecule has 1 rings (SSSR count). The lowest BCUT2D eigenvalue weighted by atomic mass is 9.87. The number of aromatic hydroxyl groups is 1. The molecule has 1 amide bonds. The summed E-state index contributed by atoms with van der Waals surface area (Å²) in [4.78, 5) is 12.0. The molecule has 0 aliphatic carbocycles. The molecule has 0 heterocycles. The summed E-state index contributed by atoms with van der Waals surface area (Å²) in [6.45, 7) is 7.19. The van der Waals surface area contributed by atoms with Crippen LogP contribution in [0, 0.1) is 5.41 Å². The van der Waals surface area contributed by atoms with Gasteiger partial charge in [0.1, 0.15) is 5.75 Å². The number of carbonyl (C=O) groups is 1. The van der Waals surface area contributed by atoms with E-state index in [2.05, 4.69) is 26.1 Å². The Kier molecular flexibility index (Phi) is 5.87. The van der Waals surface area contributed by atoms with Gasteiger partial charge in [-0.05, 0) is 30.0 Å². The molecule has 0 spiro atoms. The maximum atomic E-state index is 12.0. The first kappa shape index (κ1) is 15.5. The SMILES string of the molecule is CCCCCC(C)(C)CNC(=O)c1cccc(O)c1. The Hall–Kier alpha value is -1.51. The van der Waals surface area contributed by atoms with Crippen LogP contribution in [0.15, 0.2) is 24.3 Å². The van der Waals surface area contributed by atoms with Crippen LogP contribution in [0.4, 0.5) is 0 Å². The summed E-state index contributed by atoms with van der Waals surface area (Å²) in [5.74, 6) is -0.00526. The summed E-state index contributed by atoms with van der Waals surface area (Å²) >= 11 is 0. The van der Waals surface area contributed by atoms with E-state index in [1.165, 1.54) is 25.3 Å². The number of carbonyl (C=O) groups excluding carboxylic acids is 1. The second kappa shape index (κ2) is 7.17. The van der Waals surface area contributed by atoms with Crippen molar-refractivity contribution in [1.29, 1.82) is 0 Å². The molecule has 2 N–H and O–H groups in total.